The van der Waals surface area contributed by atoms with Crippen molar-refractivity contribution in [1.29, 1.82) is 5.26 Å². The smallest absolute Gasteiger partial charge is 0.416 e. The van der Waals surface area contributed by atoms with Gasteiger partial charge >= 0.3 is 6.18 Å². The number of alkyl halides is 3. The van der Waals surface area contributed by atoms with E-state index in [1.54, 1.807) is 17.2 Å². The summed E-state index contributed by atoms with van der Waals surface area (Å²) in [6, 6.07) is 8.65. The van der Waals surface area contributed by atoms with E-state index in [2.05, 4.69) is 9.71 Å². The van der Waals surface area contributed by atoms with E-state index in [0.717, 1.165) is 23.5 Å². The van der Waals surface area contributed by atoms with Gasteiger partial charge in [0.1, 0.15) is 18.4 Å². The van der Waals surface area contributed by atoms with Crippen molar-refractivity contribution in [3.05, 3.63) is 59.1 Å². The zero-order valence-corrected chi connectivity index (χ0v) is 18.1. The lowest BCUT2D eigenvalue weighted by Crippen LogP contribution is -2.38. The lowest BCUT2D eigenvalue weighted by molar-refractivity contribution is -0.137. The van der Waals surface area contributed by atoms with Crippen LogP contribution in [-0.2, 0) is 16.2 Å². The van der Waals surface area contributed by atoms with Crippen LogP contribution in [0.4, 0.5) is 29.7 Å². The molecule has 32 heavy (non-hydrogen) atoms. The number of fused-ring (bicyclic) bond motifs is 1. The summed E-state index contributed by atoms with van der Waals surface area (Å²) in [5, 5.41) is 11.3. The van der Waals surface area contributed by atoms with Crippen LogP contribution < -0.4 is 14.4 Å². The number of nitrogens with zero attached hydrogens (tertiary/aromatic N) is 3. The molecule has 0 radical (unpaired) electrons. The maximum absolute atomic E-state index is 13.1. The van der Waals surface area contributed by atoms with Gasteiger partial charge in [-0.25, -0.2) is 13.4 Å². The Balaban J connectivity index is 1.75. The number of anilines is 3. The van der Waals surface area contributed by atoms with Gasteiger partial charge in [0, 0.05) is 17.6 Å². The number of nitriles is 1. The highest BCUT2D eigenvalue weighted by molar-refractivity contribution is 7.93. The van der Waals surface area contributed by atoms with Crippen molar-refractivity contribution in [3.63, 3.8) is 0 Å². The van der Waals surface area contributed by atoms with Crippen molar-refractivity contribution >= 4 is 37.9 Å². The van der Waals surface area contributed by atoms with Crippen molar-refractivity contribution in [2.75, 3.05) is 16.2 Å². The average Bonchev–Trinajstić information content (AvgIpc) is 3.24. The normalized spacial score (nSPS) is 16.1. The Morgan fingerprint density at radius 1 is 1.25 bits per heavy atom. The molecule has 4 rings (SSSR count). The number of aromatic nitrogens is 1. The molecular weight excluding hydrogens is 465 g/mol. The predicted molar refractivity (Wildman–Crippen MR) is 113 cm³/mol. The van der Waals surface area contributed by atoms with Crippen LogP contribution in [0.25, 0.3) is 0 Å². The second-order valence-corrected chi connectivity index (χ2v) is 9.52. The Morgan fingerprint density at radius 2 is 2.00 bits per heavy atom. The molecule has 3 aromatic rings. The first kappa shape index (κ1) is 21.9. The van der Waals surface area contributed by atoms with Gasteiger partial charge in [-0.3, -0.25) is 4.72 Å². The van der Waals surface area contributed by atoms with Crippen LogP contribution in [0.1, 0.15) is 18.1 Å². The molecule has 0 aliphatic carbocycles. The summed E-state index contributed by atoms with van der Waals surface area (Å²) in [6.07, 6.45) is -3.11. The van der Waals surface area contributed by atoms with Crippen LogP contribution in [0.3, 0.4) is 0 Å². The van der Waals surface area contributed by atoms with E-state index in [9.17, 15) is 26.9 Å². The number of thiazole rings is 1. The van der Waals surface area contributed by atoms with Crippen molar-refractivity contribution in [2.45, 2.75) is 24.0 Å². The molecule has 1 aliphatic rings. The molecule has 1 aromatic heterocycles. The summed E-state index contributed by atoms with van der Waals surface area (Å²) in [6.45, 7) is 1.93. The van der Waals surface area contributed by atoms with Crippen LogP contribution in [0.5, 0.6) is 5.75 Å². The molecule has 2 heterocycles. The number of hydrogen-bond acceptors (Lipinski definition) is 7. The number of hydrogen-bond donors (Lipinski definition) is 1. The maximum atomic E-state index is 13.1. The molecule has 0 saturated carbocycles. The number of benzene rings is 2. The fourth-order valence-corrected chi connectivity index (χ4v) is 5.13. The van der Waals surface area contributed by atoms with Gasteiger partial charge in [-0.05, 0) is 37.3 Å². The Hall–Kier alpha value is -3.30. The SMILES string of the molecule is CC1COc2cc(S(=O)(=O)Nc3nccs3)ccc2N1c1ccc(C(F)(F)F)cc1C#N. The fraction of sp³-hybridized carbons (Fsp3) is 0.200. The highest BCUT2D eigenvalue weighted by Crippen LogP contribution is 2.42. The highest BCUT2D eigenvalue weighted by Gasteiger charge is 2.33. The summed E-state index contributed by atoms with van der Waals surface area (Å²) in [5.74, 6) is 0.230. The van der Waals surface area contributed by atoms with Crippen molar-refractivity contribution < 1.29 is 26.3 Å². The van der Waals surface area contributed by atoms with Gasteiger partial charge in [-0.1, -0.05) is 0 Å². The third-order valence-corrected chi connectivity index (χ3v) is 6.93. The van der Waals surface area contributed by atoms with Gasteiger partial charge in [-0.15, -0.1) is 11.3 Å². The summed E-state index contributed by atoms with van der Waals surface area (Å²) in [5.41, 5.74) is -0.363. The van der Waals surface area contributed by atoms with Gasteiger partial charge in [0.05, 0.1) is 33.4 Å². The average molecular weight is 480 g/mol. The molecule has 2 aromatic carbocycles. The molecule has 0 fully saturated rings. The van der Waals surface area contributed by atoms with Crippen LogP contribution in [0.15, 0.2) is 52.9 Å². The molecule has 1 aliphatic heterocycles. The fourth-order valence-electron chi connectivity index (χ4n) is 3.33. The van der Waals surface area contributed by atoms with E-state index in [-0.39, 0.29) is 39.7 Å². The van der Waals surface area contributed by atoms with E-state index in [0.29, 0.717) is 5.69 Å². The second-order valence-electron chi connectivity index (χ2n) is 6.94. The zero-order valence-electron chi connectivity index (χ0n) is 16.4. The molecule has 1 unspecified atom stereocenters. The van der Waals surface area contributed by atoms with E-state index in [1.165, 1.54) is 30.5 Å². The Kier molecular flexibility index (Phi) is 5.47. The summed E-state index contributed by atoms with van der Waals surface area (Å²) >= 11 is 1.13. The van der Waals surface area contributed by atoms with Crippen LogP contribution in [0, 0.1) is 11.3 Å². The summed E-state index contributed by atoms with van der Waals surface area (Å²) < 4.78 is 72.6. The number of ether oxygens (including phenoxy) is 1. The standard InChI is InChI=1S/C20H15F3N4O3S2/c1-12-11-30-18-9-15(32(28,29)26-19-25-6-7-31-19)3-5-17(18)27(12)16-4-2-14(20(21,22)23)8-13(16)10-24/h2-9,12H,11H2,1H3,(H,25,26). The molecule has 0 spiro atoms. The Labute approximate surface area is 185 Å². The lowest BCUT2D eigenvalue weighted by atomic mass is 10.0. The van der Waals surface area contributed by atoms with Gasteiger partial charge in [0.2, 0.25) is 0 Å². The highest BCUT2D eigenvalue weighted by atomic mass is 32.2. The third kappa shape index (κ3) is 4.09. The summed E-state index contributed by atoms with van der Waals surface area (Å²) in [4.78, 5) is 5.51. The molecule has 12 heteroatoms. The lowest BCUT2D eigenvalue weighted by Gasteiger charge is -2.37. The topological polar surface area (TPSA) is 95.3 Å². The molecule has 166 valence electrons. The van der Waals surface area contributed by atoms with Crippen molar-refractivity contribution in [3.8, 4) is 11.8 Å². The minimum Gasteiger partial charge on any atom is -0.489 e. The Morgan fingerprint density at radius 3 is 2.66 bits per heavy atom. The minimum absolute atomic E-state index is 0.0612. The van der Waals surface area contributed by atoms with E-state index >= 15 is 0 Å². The maximum Gasteiger partial charge on any atom is 0.416 e. The first-order valence-electron chi connectivity index (χ1n) is 9.20. The molecule has 1 atom stereocenters. The number of sulfonamides is 1. The first-order chi connectivity index (χ1) is 15.1. The van der Waals surface area contributed by atoms with Crippen LogP contribution in [0.2, 0.25) is 0 Å². The quantitative estimate of drug-likeness (QED) is 0.579. The third-order valence-electron chi connectivity index (χ3n) is 4.78. The van der Waals surface area contributed by atoms with Crippen molar-refractivity contribution in [2.24, 2.45) is 0 Å². The Bertz CT molecular complexity index is 1300. The number of rotatable bonds is 4. The van der Waals surface area contributed by atoms with Gasteiger partial charge in [-0.2, -0.15) is 18.4 Å². The molecule has 7 nitrogen and oxygen atoms in total. The molecule has 0 bridgehead atoms. The van der Waals surface area contributed by atoms with Gasteiger partial charge in [0.15, 0.2) is 5.13 Å². The van der Waals surface area contributed by atoms with Gasteiger partial charge in [0.25, 0.3) is 10.0 Å². The van der Waals surface area contributed by atoms with Crippen LogP contribution >= 0.6 is 11.3 Å². The molecule has 0 amide bonds. The monoisotopic (exact) mass is 480 g/mol. The van der Waals surface area contributed by atoms with Crippen molar-refractivity contribution in [1.82, 2.24) is 4.98 Å². The van der Waals surface area contributed by atoms with E-state index in [1.807, 2.05) is 6.07 Å². The number of halogens is 3. The summed E-state index contributed by atoms with van der Waals surface area (Å²) in [7, 11) is -3.93. The van der Waals surface area contributed by atoms with Gasteiger partial charge < -0.3 is 9.64 Å². The van der Waals surface area contributed by atoms with Crippen LogP contribution in [-0.4, -0.2) is 26.1 Å². The minimum atomic E-state index is -4.58. The number of nitrogens with one attached hydrogen (secondary N) is 1. The molecule has 1 N–H and O–H groups in total. The van der Waals surface area contributed by atoms with E-state index in [4.69, 9.17) is 4.74 Å². The molecule has 0 saturated heterocycles. The molecular formula is C20H15F3N4O3S2. The predicted octanol–water partition coefficient (Wildman–Crippen LogP) is 4.75. The second kappa shape index (κ2) is 7.99. The zero-order chi connectivity index (χ0) is 23.1. The first-order valence-corrected chi connectivity index (χ1v) is 11.6. The largest absolute Gasteiger partial charge is 0.489 e. The van der Waals surface area contributed by atoms with E-state index < -0.39 is 21.8 Å².